The van der Waals surface area contributed by atoms with Gasteiger partial charge >= 0.3 is 5.97 Å². The Morgan fingerprint density at radius 1 is 1.00 bits per heavy atom. The van der Waals surface area contributed by atoms with Gasteiger partial charge in [0.1, 0.15) is 12.4 Å². The van der Waals surface area contributed by atoms with Crippen molar-refractivity contribution in [3.05, 3.63) is 113 Å². The maximum absolute atomic E-state index is 12.8. The summed E-state index contributed by atoms with van der Waals surface area (Å²) in [7, 11) is 0. The first-order valence-corrected chi connectivity index (χ1v) is 13.9. The van der Waals surface area contributed by atoms with Gasteiger partial charge in [-0.15, -0.1) is 0 Å². The molecular formula is C28H22ClI2N3O4. The van der Waals surface area contributed by atoms with E-state index in [1.165, 1.54) is 0 Å². The van der Waals surface area contributed by atoms with Crippen molar-refractivity contribution in [3.63, 3.8) is 0 Å². The van der Waals surface area contributed by atoms with E-state index < -0.39 is 11.9 Å². The molecule has 4 rings (SSSR count). The molecule has 0 spiro atoms. The molecule has 194 valence electrons. The van der Waals surface area contributed by atoms with Gasteiger partial charge in [-0.25, -0.2) is 10.2 Å². The first-order valence-electron chi connectivity index (χ1n) is 11.4. The van der Waals surface area contributed by atoms with Crippen LogP contribution in [0.3, 0.4) is 0 Å². The Balaban J connectivity index is 1.43. The number of hydrazone groups is 1. The minimum absolute atomic E-state index is 0.231. The topological polar surface area (TPSA) is 92.9 Å². The second-order valence-corrected chi connectivity index (χ2v) is 11.2. The Labute approximate surface area is 252 Å². The van der Waals surface area contributed by atoms with E-state index in [2.05, 4.69) is 60.3 Å². The fourth-order valence-electron chi connectivity index (χ4n) is 3.82. The Kier molecular flexibility index (Phi) is 9.11. The van der Waals surface area contributed by atoms with E-state index in [1.807, 2.05) is 44.2 Å². The van der Waals surface area contributed by atoms with Crippen LogP contribution in [0.15, 0.2) is 71.8 Å². The lowest BCUT2D eigenvalue weighted by molar-refractivity contribution is 0.0696. The number of aromatic nitrogens is 1. The number of carboxylic acid groups (broad SMARTS) is 1. The Bertz CT molecular complexity index is 1510. The number of carboxylic acids is 1. The number of amides is 1. The predicted molar refractivity (Wildman–Crippen MR) is 165 cm³/mol. The van der Waals surface area contributed by atoms with E-state index in [9.17, 15) is 9.59 Å². The summed E-state index contributed by atoms with van der Waals surface area (Å²) in [5.74, 6) is -0.656. The van der Waals surface area contributed by atoms with Crippen LogP contribution in [0.5, 0.6) is 5.75 Å². The molecule has 1 heterocycles. The molecule has 0 fully saturated rings. The monoisotopic (exact) mass is 753 g/mol. The van der Waals surface area contributed by atoms with Gasteiger partial charge in [0.25, 0.3) is 5.91 Å². The van der Waals surface area contributed by atoms with Crippen LogP contribution in [0, 0.1) is 21.0 Å². The highest BCUT2D eigenvalue weighted by atomic mass is 127. The van der Waals surface area contributed by atoms with E-state index in [4.69, 9.17) is 21.4 Å². The van der Waals surface area contributed by atoms with Crippen molar-refractivity contribution in [1.82, 2.24) is 9.99 Å². The zero-order chi connectivity index (χ0) is 27.4. The normalized spacial score (nSPS) is 11.1. The van der Waals surface area contributed by atoms with Gasteiger partial charge in [-0.2, -0.15) is 5.10 Å². The molecule has 0 unspecified atom stereocenters. The van der Waals surface area contributed by atoms with Crippen LogP contribution in [-0.2, 0) is 6.61 Å². The second-order valence-electron chi connectivity index (χ2n) is 8.42. The van der Waals surface area contributed by atoms with Crippen LogP contribution >= 0.6 is 56.8 Å². The van der Waals surface area contributed by atoms with Crippen LogP contribution in [0.4, 0.5) is 0 Å². The fourth-order valence-corrected chi connectivity index (χ4v) is 6.15. The summed E-state index contributed by atoms with van der Waals surface area (Å²) in [6.07, 6.45) is 1.56. The molecule has 3 aromatic carbocycles. The summed E-state index contributed by atoms with van der Waals surface area (Å²) in [6.45, 7) is 4.31. The highest BCUT2D eigenvalue weighted by molar-refractivity contribution is 14.1. The lowest BCUT2D eigenvalue weighted by Crippen LogP contribution is -2.18. The molecule has 10 heteroatoms. The molecule has 4 aromatic rings. The van der Waals surface area contributed by atoms with Crippen molar-refractivity contribution in [2.24, 2.45) is 5.10 Å². The summed E-state index contributed by atoms with van der Waals surface area (Å²) in [4.78, 5) is 23.9. The highest BCUT2D eigenvalue weighted by Gasteiger charge is 2.14. The number of ether oxygens (including phenoxy) is 1. The van der Waals surface area contributed by atoms with Crippen LogP contribution in [0.1, 0.15) is 43.2 Å². The third-order valence-electron chi connectivity index (χ3n) is 5.71. The van der Waals surface area contributed by atoms with E-state index in [0.29, 0.717) is 22.9 Å². The lowest BCUT2D eigenvalue weighted by Gasteiger charge is -2.12. The summed E-state index contributed by atoms with van der Waals surface area (Å²) in [5, 5.41) is 13.5. The Morgan fingerprint density at radius 3 is 2.24 bits per heavy atom. The molecule has 1 amide bonds. The van der Waals surface area contributed by atoms with Crippen LogP contribution in [0.2, 0.25) is 5.02 Å². The number of nitrogens with zero attached hydrogens (tertiary/aromatic N) is 2. The fraction of sp³-hybridized carbons (Fsp3) is 0.107. The second kappa shape index (κ2) is 12.3. The van der Waals surface area contributed by atoms with Gasteiger partial charge in [0.15, 0.2) is 0 Å². The van der Waals surface area contributed by atoms with Gasteiger partial charge in [0.2, 0.25) is 0 Å². The number of hydrogen-bond acceptors (Lipinski definition) is 4. The summed E-state index contributed by atoms with van der Waals surface area (Å²) >= 11 is 10.7. The zero-order valence-corrected chi connectivity index (χ0v) is 25.4. The van der Waals surface area contributed by atoms with E-state index >= 15 is 0 Å². The van der Waals surface area contributed by atoms with Crippen LogP contribution in [0.25, 0.3) is 5.69 Å². The third-order valence-corrected chi connectivity index (χ3v) is 7.64. The Hall–Kier alpha value is -2.90. The summed E-state index contributed by atoms with van der Waals surface area (Å²) in [6, 6.07) is 19.7. The minimum atomic E-state index is -0.964. The van der Waals surface area contributed by atoms with Crippen molar-refractivity contribution in [1.29, 1.82) is 0 Å². The quantitative estimate of drug-likeness (QED) is 0.115. The maximum Gasteiger partial charge on any atom is 0.335 e. The number of aryl methyl sites for hydroxylation is 2. The molecule has 1 aromatic heterocycles. The summed E-state index contributed by atoms with van der Waals surface area (Å²) < 4.78 is 9.78. The number of nitrogens with one attached hydrogen (secondary N) is 1. The van der Waals surface area contributed by atoms with Crippen molar-refractivity contribution in [2.45, 2.75) is 20.5 Å². The molecule has 0 saturated carbocycles. The molecule has 0 saturated heterocycles. The minimum Gasteiger partial charge on any atom is -0.487 e. The largest absolute Gasteiger partial charge is 0.487 e. The molecule has 0 aliphatic heterocycles. The molecule has 0 bridgehead atoms. The standard InChI is InChI=1S/C28H22ClI2N3O4/c1-16-3-4-17(2)34(16)21-9-10-23(29)22(13-21)27(35)33-32-14-19-11-24(30)26(25(31)12-19)38-15-18-5-7-20(8-6-18)28(36)37/h3-14H,15H2,1-2H3,(H,33,35)(H,36,37). The number of rotatable bonds is 8. The van der Waals surface area contributed by atoms with Gasteiger partial charge in [0, 0.05) is 17.1 Å². The number of halogens is 3. The van der Waals surface area contributed by atoms with Gasteiger partial charge < -0.3 is 14.4 Å². The van der Waals surface area contributed by atoms with Gasteiger partial charge in [0.05, 0.1) is 29.5 Å². The third kappa shape index (κ3) is 6.56. The van der Waals surface area contributed by atoms with Crippen molar-refractivity contribution >= 4 is 74.9 Å². The molecule has 0 aliphatic carbocycles. The van der Waals surface area contributed by atoms with Crippen LogP contribution < -0.4 is 10.2 Å². The van der Waals surface area contributed by atoms with Crippen molar-refractivity contribution in [3.8, 4) is 11.4 Å². The molecule has 0 aliphatic rings. The molecule has 0 atom stereocenters. The SMILES string of the molecule is Cc1ccc(C)n1-c1ccc(Cl)c(C(=O)NN=Cc2cc(I)c(OCc3ccc(C(=O)O)cc3)c(I)c2)c1. The molecule has 7 nitrogen and oxygen atoms in total. The smallest absolute Gasteiger partial charge is 0.335 e. The van der Waals surface area contributed by atoms with Crippen molar-refractivity contribution < 1.29 is 19.4 Å². The van der Waals surface area contributed by atoms with Gasteiger partial charge in [-0.05, 0) is 125 Å². The number of carbonyl (C=O) groups excluding carboxylic acids is 1. The van der Waals surface area contributed by atoms with E-state index in [0.717, 1.165) is 35.3 Å². The van der Waals surface area contributed by atoms with E-state index in [1.54, 1.807) is 42.6 Å². The van der Waals surface area contributed by atoms with E-state index in [-0.39, 0.29) is 5.56 Å². The number of aromatic carboxylic acids is 1. The van der Waals surface area contributed by atoms with Crippen molar-refractivity contribution in [2.75, 3.05) is 0 Å². The average Bonchev–Trinajstić information content (AvgIpc) is 3.21. The predicted octanol–water partition coefficient (Wildman–Crippen LogP) is 7.00. The average molecular weight is 754 g/mol. The first-order chi connectivity index (χ1) is 18.1. The lowest BCUT2D eigenvalue weighted by atomic mass is 10.1. The number of benzene rings is 3. The van der Waals surface area contributed by atoms with Gasteiger partial charge in [-0.3, -0.25) is 4.79 Å². The number of hydrogen-bond donors (Lipinski definition) is 2. The van der Waals surface area contributed by atoms with Gasteiger partial charge in [-0.1, -0.05) is 23.7 Å². The highest BCUT2D eigenvalue weighted by Crippen LogP contribution is 2.29. The summed E-state index contributed by atoms with van der Waals surface area (Å²) in [5.41, 5.74) is 7.74. The first kappa shape index (κ1) is 28.1. The number of carbonyl (C=O) groups is 2. The molecular weight excluding hydrogens is 732 g/mol. The zero-order valence-electron chi connectivity index (χ0n) is 20.3. The molecule has 2 N–H and O–H groups in total. The maximum atomic E-state index is 12.8. The molecule has 0 radical (unpaired) electrons. The molecule has 38 heavy (non-hydrogen) atoms. The Morgan fingerprint density at radius 2 is 1.63 bits per heavy atom. The van der Waals surface area contributed by atoms with Crippen LogP contribution in [-0.4, -0.2) is 27.8 Å².